The van der Waals surface area contributed by atoms with Crippen molar-refractivity contribution in [2.45, 2.75) is 13.3 Å². The summed E-state index contributed by atoms with van der Waals surface area (Å²) in [4.78, 5) is 54.2. The highest BCUT2D eigenvalue weighted by Gasteiger charge is 2.37. The Kier molecular flexibility index (Phi) is 4.54. The van der Waals surface area contributed by atoms with Gasteiger partial charge in [0.25, 0.3) is 5.56 Å². The van der Waals surface area contributed by atoms with Gasteiger partial charge in [-0.3, -0.25) is 24.3 Å². The van der Waals surface area contributed by atoms with E-state index < -0.39 is 23.4 Å². The van der Waals surface area contributed by atoms with Crippen LogP contribution >= 0.6 is 0 Å². The summed E-state index contributed by atoms with van der Waals surface area (Å²) in [5.74, 6) is -2.27. The Morgan fingerprint density at radius 3 is 2.77 bits per heavy atom. The van der Waals surface area contributed by atoms with Crippen LogP contribution in [0.3, 0.4) is 0 Å². The van der Waals surface area contributed by atoms with Crippen molar-refractivity contribution in [1.29, 1.82) is 0 Å². The molecule has 0 saturated carbocycles. The molecule has 2 heterocycles. The summed E-state index contributed by atoms with van der Waals surface area (Å²) in [7, 11) is 1.24. The molecule has 118 valence electrons. The zero-order chi connectivity index (χ0) is 16.3. The van der Waals surface area contributed by atoms with Gasteiger partial charge in [-0.25, -0.2) is 9.78 Å². The van der Waals surface area contributed by atoms with Crippen LogP contribution in [0.25, 0.3) is 0 Å². The molecule has 0 spiro atoms. The number of amides is 1. The van der Waals surface area contributed by atoms with Crippen molar-refractivity contribution in [3.8, 4) is 0 Å². The molecule has 9 nitrogen and oxygen atoms in total. The second-order valence-electron chi connectivity index (χ2n) is 4.60. The van der Waals surface area contributed by atoms with Gasteiger partial charge in [0.05, 0.1) is 25.8 Å². The highest BCUT2D eigenvalue weighted by molar-refractivity contribution is 5.98. The predicted octanol–water partition coefficient (Wildman–Crippen LogP) is -0.527. The van der Waals surface area contributed by atoms with Crippen LogP contribution in [0.1, 0.15) is 23.7 Å². The van der Waals surface area contributed by atoms with Crippen LogP contribution in [0.4, 0.5) is 5.95 Å². The Morgan fingerprint density at radius 1 is 1.45 bits per heavy atom. The fraction of sp³-hybridized carbons (Fsp3) is 0.462. The molecule has 1 aromatic heterocycles. The van der Waals surface area contributed by atoms with Crippen molar-refractivity contribution >= 4 is 23.8 Å². The minimum absolute atomic E-state index is 0.0178. The number of methoxy groups -OCH3 is 1. The molecule has 1 amide bonds. The fourth-order valence-electron chi connectivity index (χ4n) is 2.11. The number of carbonyl (C=O) groups is 3. The molecule has 1 unspecified atom stereocenters. The number of hydrogen-bond acceptors (Lipinski definition) is 7. The van der Waals surface area contributed by atoms with Crippen molar-refractivity contribution in [3.05, 3.63) is 22.1 Å². The monoisotopic (exact) mass is 309 g/mol. The van der Waals surface area contributed by atoms with E-state index in [1.165, 1.54) is 12.0 Å². The van der Waals surface area contributed by atoms with E-state index in [1.54, 1.807) is 6.92 Å². The summed E-state index contributed by atoms with van der Waals surface area (Å²) in [5.41, 5.74) is -0.959. The van der Waals surface area contributed by atoms with Gasteiger partial charge in [-0.1, -0.05) is 0 Å². The second-order valence-corrected chi connectivity index (χ2v) is 4.60. The van der Waals surface area contributed by atoms with Crippen molar-refractivity contribution in [3.63, 3.8) is 0 Å². The van der Waals surface area contributed by atoms with Crippen molar-refractivity contribution in [1.82, 2.24) is 9.97 Å². The Labute approximate surface area is 125 Å². The Morgan fingerprint density at radius 2 is 2.18 bits per heavy atom. The number of anilines is 1. The highest BCUT2D eigenvalue weighted by atomic mass is 16.5. The zero-order valence-electron chi connectivity index (χ0n) is 12.1. The molecule has 1 aromatic rings. The lowest BCUT2D eigenvalue weighted by Crippen LogP contribution is -2.31. The maximum atomic E-state index is 11.9. The molecule has 1 aliphatic rings. The smallest absolute Gasteiger partial charge is 0.345 e. The number of aromatic nitrogens is 2. The number of ether oxygens (including phenoxy) is 2. The summed E-state index contributed by atoms with van der Waals surface area (Å²) in [5, 5.41) is 0. The number of rotatable bonds is 4. The topological polar surface area (TPSA) is 119 Å². The van der Waals surface area contributed by atoms with Gasteiger partial charge in [0.15, 0.2) is 0 Å². The third kappa shape index (κ3) is 2.97. The largest absolute Gasteiger partial charge is 0.469 e. The van der Waals surface area contributed by atoms with Crippen LogP contribution < -0.4 is 10.5 Å². The average Bonchev–Trinajstić information content (AvgIpc) is 2.88. The van der Waals surface area contributed by atoms with Gasteiger partial charge in [0, 0.05) is 13.0 Å². The number of carbonyl (C=O) groups excluding carboxylic acids is 3. The first-order chi connectivity index (χ1) is 10.5. The maximum absolute atomic E-state index is 11.9. The number of esters is 2. The van der Waals surface area contributed by atoms with Crippen LogP contribution in [-0.2, 0) is 19.1 Å². The summed E-state index contributed by atoms with van der Waals surface area (Å²) in [6.45, 7) is 1.81. The van der Waals surface area contributed by atoms with E-state index in [0.717, 1.165) is 6.20 Å². The minimum atomic E-state index is -0.789. The predicted molar refractivity (Wildman–Crippen MR) is 73.3 cm³/mol. The van der Waals surface area contributed by atoms with Crippen molar-refractivity contribution < 1.29 is 23.9 Å². The van der Waals surface area contributed by atoms with Crippen LogP contribution in [0, 0.1) is 5.92 Å². The number of H-pyrrole nitrogens is 1. The lowest BCUT2D eigenvalue weighted by Gasteiger charge is -2.14. The van der Waals surface area contributed by atoms with Gasteiger partial charge in [-0.2, -0.15) is 0 Å². The summed E-state index contributed by atoms with van der Waals surface area (Å²) in [6, 6.07) is 0. The van der Waals surface area contributed by atoms with Gasteiger partial charge < -0.3 is 9.47 Å². The Balaban J connectivity index is 2.22. The molecule has 2 rings (SSSR count). The normalized spacial score (nSPS) is 17.5. The highest BCUT2D eigenvalue weighted by Crippen LogP contribution is 2.22. The van der Waals surface area contributed by atoms with E-state index in [1.807, 2.05) is 0 Å². The number of nitrogens with zero attached hydrogens (tertiary/aromatic N) is 2. The van der Waals surface area contributed by atoms with Crippen LogP contribution in [0.5, 0.6) is 0 Å². The van der Waals surface area contributed by atoms with Gasteiger partial charge in [0.2, 0.25) is 11.9 Å². The molecule has 1 atom stereocenters. The molecule has 0 radical (unpaired) electrons. The molecule has 1 N–H and O–H groups in total. The molecule has 0 bridgehead atoms. The molecular formula is C13H15N3O6. The first-order valence-electron chi connectivity index (χ1n) is 6.62. The summed E-state index contributed by atoms with van der Waals surface area (Å²) >= 11 is 0. The SMILES string of the molecule is CCOC(=O)c1cnc(N2CC(C(=O)OC)CC2=O)[nH]c1=O. The Hall–Kier alpha value is -2.71. The van der Waals surface area contributed by atoms with Crippen LogP contribution in [0.15, 0.2) is 11.0 Å². The van der Waals surface area contributed by atoms with Gasteiger partial charge in [-0.05, 0) is 6.92 Å². The second kappa shape index (κ2) is 6.37. The van der Waals surface area contributed by atoms with Gasteiger partial charge in [0.1, 0.15) is 5.56 Å². The van der Waals surface area contributed by atoms with E-state index in [9.17, 15) is 19.2 Å². The maximum Gasteiger partial charge on any atom is 0.345 e. The van der Waals surface area contributed by atoms with Crippen LogP contribution in [0.2, 0.25) is 0 Å². The third-order valence-corrected chi connectivity index (χ3v) is 3.20. The lowest BCUT2D eigenvalue weighted by atomic mass is 10.1. The lowest BCUT2D eigenvalue weighted by molar-refractivity contribution is -0.145. The van der Waals surface area contributed by atoms with E-state index >= 15 is 0 Å². The fourth-order valence-corrected chi connectivity index (χ4v) is 2.11. The van der Waals surface area contributed by atoms with E-state index in [-0.39, 0.29) is 37.0 Å². The molecule has 1 fully saturated rings. The van der Waals surface area contributed by atoms with Crippen LogP contribution in [-0.4, -0.2) is 48.1 Å². The van der Waals surface area contributed by atoms with E-state index in [0.29, 0.717) is 0 Å². The molecule has 9 heteroatoms. The molecule has 1 saturated heterocycles. The summed E-state index contributed by atoms with van der Waals surface area (Å²) < 4.78 is 9.31. The minimum Gasteiger partial charge on any atom is -0.469 e. The third-order valence-electron chi connectivity index (χ3n) is 3.20. The zero-order valence-corrected chi connectivity index (χ0v) is 12.1. The first-order valence-corrected chi connectivity index (χ1v) is 6.62. The van der Waals surface area contributed by atoms with E-state index in [2.05, 4.69) is 14.7 Å². The molecule has 0 aromatic carbocycles. The number of nitrogens with one attached hydrogen (secondary N) is 1. The number of hydrogen-bond donors (Lipinski definition) is 1. The molecule has 0 aliphatic carbocycles. The average molecular weight is 309 g/mol. The molecular weight excluding hydrogens is 294 g/mol. The van der Waals surface area contributed by atoms with E-state index in [4.69, 9.17) is 4.74 Å². The molecule has 1 aliphatic heterocycles. The van der Waals surface area contributed by atoms with Crippen molar-refractivity contribution in [2.24, 2.45) is 5.92 Å². The quantitative estimate of drug-likeness (QED) is 0.743. The summed E-state index contributed by atoms with van der Waals surface area (Å²) in [6.07, 6.45) is 1.03. The standard InChI is InChI=1S/C13H15N3O6/c1-3-22-12(20)8-5-14-13(15-10(8)18)16-6-7(4-9(16)17)11(19)21-2/h5,7H,3-4,6H2,1-2H3,(H,14,15,18). The first kappa shape index (κ1) is 15.7. The number of aromatic amines is 1. The Bertz CT molecular complexity index is 668. The van der Waals surface area contributed by atoms with Crippen molar-refractivity contribution in [2.75, 3.05) is 25.2 Å². The van der Waals surface area contributed by atoms with Gasteiger partial charge in [-0.15, -0.1) is 0 Å². The van der Waals surface area contributed by atoms with Gasteiger partial charge >= 0.3 is 11.9 Å². The molecule has 22 heavy (non-hydrogen) atoms.